The highest BCUT2D eigenvalue weighted by Gasteiger charge is 2.21. The van der Waals surface area contributed by atoms with Gasteiger partial charge in [0, 0.05) is 31.7 Å². The van der Waals surface area contributed by atoms with E-state index in [1.165, 1.54) is 5.56 Å². The number of nitrogens with zero attached hydrogens (tertiary/aromatic N) is 1. The third-order valence-corrected chi connectivity index (χ3v) is 5.51. The quantitative estimate of drug-likeness (QED) is 0.592. The Labute approximate surface area is 178 Å². The number of hydrogen-bond donors (Lipinski definition) is 1. The lowest BCUT2D eigenvalue weighted by Crippen LogP contribution is -2.39. The van der Waals surface area contributed by atoms with Crippen LogP contribution in [0.25, 0.3) is 11.1 Å². The zero-order valence-electron chi connectivity index (χ0n) is 17.2. The monoisotopic (exact) mass is 400 g/mol. The molecule has 0 aliphatic carbocycles. The Kier molecular flexibility index (Phi) is 6.91. The van der Waals surface area contributed by atoms with Crippen molar-refractivity contribution in [2.75, 3.05) is 32.8 Å². The fraction of sp³-hybridized carbons (Fsp3) is 0.269. The van der Waals surface area contributed by atoms with Crippen molar-refractivity contribution in [3.63, 3.8) is 0 Å². The highest BCUT2D eigenvalue weighted by molar-refractivity contribution is 5.94. The van der Waals surface area contributed by atoms with Crippen LogP contribution in [-0.4, -0.2) is 43.6 Å². The second-order valence-corrected chi connectivity index (χ2v) is 7.62. The minimum absolute atomic E-state index is 0.0150. The standard InChI is InChI=1S/C26H28N2O2/c29-26(24-14-12-22(13-15-24)21-8-3-1-4-9-21)27-16-7-17-28-18-19-30-25(20-28)23-10-5-2-6-11-23/h1-6,8-15,25H,7,16-20H2,(H,27,29). The number of hydrogen-bond acceptors (Lipinski definition) is 3. The molecule has 0 saturated carbocycles. The van der Waals surface area contributed by atoms with Gasteiger partial charge in [0.2, 0.25) is 0 Å². The Morgan fingerprint density at radius 1 is 0.900 bits per heavy atom. The summed E-state index contributed by atoms with van der Waals surface area (Å²) in [4.78, 5) is 14.9. The Hall–Kier alpha value is -2.95. The maximum atomic E-state index is 12.4. The number of amides is 1. The van der Waals surface area contributed by atoms with Gasteiger partial charge in [-0.1, -0.05) is 72.8 Å². The van der Waals surface area contributed by atoms with Gasteiger partial charge < -0.3 is 10.1 Å². The van der Waals surface area contributed by atoms with Gasteiger partial charge in [-0.3, -0.25) is 9.69 Å². The average molecular weight is 401 g/mol. The first kappa shape index (κ1) is 20.3. The molecule has 3 aromatic carbocycles. The van der Waals surface area contributed by atoms with E-state index in [9.17, 15) is 4.79 Å². The SMILES string of the molecule is O=C(NCCCN1CCOC(c2ccccc2)C1)c1ccc(-c2ccccc2)cc1. The Bertz CT molecular complexity index is 926. The normalized spacial score (nSPS) is 16.9. The zero-order chi connectivity index (χ0) is 20.6. The zero-order valence-corrected chi connectivity index (χ0v) is 17.2. The lowest BCUT2D eigenvalue weighted by atomic mass is 10.0. The minimum Gasteiger partial charge on any atom is -0.371 e. The Morgan fingerprint density at radius 2 is 1.57 bits per heavy atom. The fourth-order valence-corrected chi connectivity index (χ4v) is 3.83. The van der Waals surface area contributed by atoms with E-state index in [0.29, 0.717) is 12.1 Å². The van der Waals surface area contributed by atoms with Crippen LogP contribution in [0, 0.1) is 0 Å². The molecule has 0 aromatic heterocycles. The molecule has 1 amide bonds. The van der Waals surface area contributed by atoms with Gasteiger partial charge in [-0.2, -0.15) is 0 Å². The van der Waals surface area contributed by atoms with Crippen molar-refractivity contribution in [3.05, 3.63) is 96.1 Å². The number of carbonyl (C=O) groups excluding carboxylic acids is 1. The summed E-state index contributed by atoms with van der Waals surface area (Å²) >= 11 is 0. The van der Waals surface area contributed by atoms with Crippen LogP contribution in [-0.2, 0) is 4.74 Å². The molecule has 4 rings (SSSR count). The lowest BCUT2D eigenvalue weighted by molar-refractivity contribution is -0.0301. The third-order valence-electron chi connectivity index (χ3n) is 5.51. The van der Waals surface area contributed by atoms with Gasteiger partial charge in [0.15, 0.2) is 0 Å². The predicted octanol–water partition coefficient (Wildman–Crippen LogP) is 4.55. The molecule has 4 heteroatoms. The van der Waals surface area contributed by atoms with Gasteiger partial charge in [0.1, 0.15) is 0 Å². The van der Waals surface area contributed by atoms with Gasteiger partial charge in [-0.25, -0.2) is 0 Å². The second kappa shape index (κ2) is 10.2. The molecule has 0 spiro atoms. The summed E-state index contributed by atoms with van der Waals surface area (Å²) in [5.41, 5.74) is 4.20. The molecule has 1 saturated heterocycles. The minimum atomic E-state index is -0.0150. The van der Waals surface area contributed by atoms with E-state index < -0.39 is 0 Å². The second-order valence-electron chi connectivity index (χ2n) is 7.62. The number of benzene rings is 3. The number of morpholine rings is 1. The van der Waals surface area contributed by atoms with E-state index in [0.717, 1.165) is 43.8 Å². The lowest BCUT2D eigenvalue weighted by Gasteiger charge is -2.33. The molecule has 0 radical (unpaired) electrons. The molecule has 1 heterocycles. The number of carbonyl (C=O) groups is 1. The molecule has 3 aromatic rings. The van der Waals surface area contributed by atoms with Gasteiger partial charge >= 0.3 is 0 Å². The van der Waals surface area contributed by atoms with Crippen molar-refractivity contribution in [2.24, 2.45) is 0 Å². The average Bonchev–Trinajstić information content (AvgIpc) is 2.83. The first-order valence-electron chi connectivity index (χ1n) is 10.6. The van der Waals surface area contributed by atoms with E-state index >= 15 is 0 Å². The van der Waals surface area contributed by atoms with Crippen molar-refractivity contribution in [1.82, 2.24) is 10.2 Å². The summed E-state index contributed by atoms with van der Waals surface area (Å²) in [6.45, 7) is 4.23. The van der Waals surface area contributed by atoms with E-state index in [1.807, 2.05) is 48.5 Å². The van der Waals surface area contributed by atoms with Crippen LogP contribution < -0.4 is 5.32 Å². The van der Waals surface area contributed by atoms with Crippen molar-refractivity contribution in [2.45, 2.75) is 12.5 Å². The van der Waals surface area contributed by atoms with Gasteiger partial charge in [0.05, 0.1) is 12.7 Å². The van der Waals surface area contributed by atoms with Crippen LogP contribution in [0.15, 0.2) is 84.9 Å². The molecule has 1 unspecified atom stereocenters. The van der Waals surface area contributed by atoms with Crippen molar-refractivity contribution in [3.8, 4) is 11.1 Å². The highest BCUT2D eigenvalue weighted by Crippen LogP contribution is 2.22. The first-order valence-corrected chi connectivity index (χ1v) is 10.6. The van der Waals surface area contributed by atoms with E-state index in [2.05, 4.69) is 46.6 Å². The molecule has 4 nitrogen and oxygen atoms in total. The highest BCUT2D eigenvalue weighted by atomic mass is 16.5. The van der Waals surface area contributed by atoms with Crippen LogP contribution in [0.3, 0.4) is 0 Å². The number of nitrogens with one attached hydrogen (secondary N) is 1. The molecular weight excluding hydrogens is 372 g/mol. The Morgan fingerprint density at radius 3 is 2.30 bits per heavy atom. The van der Waals surface area contributed by atoms with Crippen molar-refractivity contribution < 1.29 is 9.53 Å². The summed E-state index contributed by atoms with van der Waals surface area (Å²) in [5, 5.41) is 3.04. The summed E-state index contributed by atoms with van der Waals surface area (Å²) in [5.74, 6) is -0.0150. The summed E-state index contributed by atoms with van der Waals surface area (Å²) < 4.78 is 5.93. The summed E-state index contributed by atoms with van der Waals surface area (Å²) in [7, 11) is 0. The first-order chi connectivity index (χ1) is 14.8. The molecular formula is C26H28N2O2. The largest absolute Gasteiger partial charge is 0.371 e. The van der Waals surface area contributed by atoms with Crippen LogP contribution in [0.4, 0.5) is 0 Å². The summed E-state index contributed by atoms with van der Waals surface area (Å²) in [6, 6.07) is 28.4. The topological polar surface area (TPSA) is 41.6 Å². The van der Waals surface area contributed by atoms with E-state index in [1.54, 1.807) is 0 Å². The van der Waals surface area contributed by atoms with Crippen LogP contribution in [0.5, 0.6) is 0 Å². The molecule has 1 fully saturated rings. The molecule has 1 aliphatic heterocycles. The maximum absolute atomic E-state index is 12.4. The molecule has 1 aliphatic rings. The number of ether oxygens (including phenoxy) is 1. The molecule has 1 N–H and O–H groups in total. The van der Waals surface area contributed by atoms with Crippen molar-refractivity contribution >= 4 is 5.91 Å². The molecule has 1 atom stereocenters. The number of rotatable bonds is 7. The van der Waals surface area contributed by atoms with Crippen LogP contribution in [0.1, 0.15) is 28.4 Å². The van der Waals surface area contributed by atoms with Crippen molar-refractivity contribution in [1.29, 1.82) is 0 Å². The van der Waals surface area contributed by atoms with E-state index in [-0.39, 0.29) is 12.0 Å². The van der Waals surface area contributed by atoms with Gasteiger partial charge in [-0.05, 0) is 35.2 Å². The van der Waals surface area contributed by atoms with Crippen LogP contribution >= 0.6 is 0 Å². The Balaban J connectivity index is 1.21. The van der Waals surface area contributed by atoms with E-state index in [4.69, 9.17) is 4.74 Å². The predicted molar refractivity (Wildman–Crippen MR) is 120 cm³/mol. The molecule has 0 bridgehead atoms. The van der Waals surface area contributed by atoms with Gasteiger partial charge in [0.25, 0.3) is 5.91 Å². The smallest absolute Gasteiger partial charge is 0.251 e. The van der Waals surface area contributed by atoms with Gasteiger partial charge in [-0.15, -0.1) is 0 Å². The summed E-state index contributed by atoms with van der Waals surface area (Å²) in [6.07, 6.45) is 1.06. The maximum Gasteiger partial charge on any atom is 0.251 e. The fourth-order valence-electron chi connectivity index (χ4n) is 3.83. The third kappa shape index (κ3) is 5.35. The molecule has 154 valence electrons. The van der Waals surface area contributed by atoms with Crippen LogP contribution in [0.2, 0.25) is 0 Å². The molecule has 30 heavy (non-hydrogen) atoms.